The van der Waals surface area contributed by atoms with Gasteiger partial charge in [-0.2, -0.15) is 0 Å². The highest BCUT2D eigenvalue weighted by Crippen LogP contribution is 2.47. The standard InChI is InChI=1S/C18H18FN3OS2/c19-12-7-11(9-14-15(12)22-17(20)25-14)13-8-10-1-6-23-18(16(10)24-13)2-4-21-5-3-18/h7-9,21H,1-6H2,(H2,20,22). The molecule has 1 fully saturated rings. The molecule has 0 atom stereocenters. The molecule has 130 valence electrons. The molecule has 2 aromatic heterocycles. The SMILES string of the molecule is Nc1nc2c(F)cc(-c3cc4c(s3)C3(CCNCC3)OCC4)cc2s1. The minimum absolute atomic E-state index is 0.153. The zero-order valence-electron chi connectivity index (χ0n) is 13.6. The fourth-order valence-electron chi connectivity index (χ4n) is 3.91. The molecule has 4 heterocycles. The maximum atomic E-state index is 14.4. The predicted octanol–water partition coefficient (Wildman–Crippen LogP) is 3.90. The smallest absolute Gasteiger partial charge is 0.181 e. The van der Waals surface area contributed by atoms with Crippen molar-refractivity contribution >= 4 is 38.0 Å². The summed E-state index contributed by atoms with van der Waals surface area (Å²) in [6.07, 6.45) is 2.93. The van der Waals surface area contributed by atoms with Gasteiger partial charge >= 0.3 is 0 Å². The highest BCUT2D eigenvalue weighted by atomic mass is 32.1. The summed E-state index contributed by atoms with van der Waals surface area (Å²) in [5.74, 6) is -0.306. The van der Waals surface area contributed by atoms with Crippen LogP contribution in [0.25, 0.3) is 20.7 Å². The maximum Gasteiger partial charge on any atom is 0.181 e. The van der Waals surface area contributed by atoms with Crippen molar-refractivity contribution in [1.29, 1.82) is 0 Å². The van der Waals surface area contributed by atoms with E-state index in [9.17, 15) is 4.39 Å². The number of thiophene rings is 1. The Kier molecular flexibility index (Phi) is 3.60. The minimum atomic E-state index is -0.306. The Balaban J connectivity index is 1.62. The van der Waals surface area contributed by atoms with E-state index in [2.05, 4.69) is 16.4 Å². The summed E-state index contributed by atoms with van der Waals surface area (Å²) >= 11 is 3.08. The molecule has 1 saturated heterocycles. The van der Waals surface area contributed by atoms with Crippen molar-refractivity contribution in [2.75, 3.05) is 25.4 Å². The number of piperidine rings is 1. The second-order valence-electron chi connectivity index (χ2n) is 6.66. The third-order valence-electron chi connectivity index (χ3n) is 5.13. The number of anilines is 1. The highest BCUT2D eigenvalue weighted by molar-refractivity contribution is 7.22. The summed E-state index contributed by atoms with van der Waals surface area (Å²) in [4.78, 5) is 6.51. The van der Waals surface area contributed by atoms with Crippen LogP contribution in [0, 0.1) is 5.82 Å². The van der Waals surface area contributed by atoms with E-state index < -0.39 is 0 Å². The monoisotopic (exact) mass is 375 g/mol. The van der Waals surface area contributed by atoms with Crippen LogP contribution in [0.4, 0.5) is 9.52 Å². The lowest BCUT2D eigenvalue weighted by Crippen LogP contribution is -2.43. The number of fused-ring (bicyclic) bond motifs is 3. The molecule has 1 spiro atoms. The topological polar surface area (TPSA) is 60.2 Å². The van der Waals surface area contributed by atoms with Crippen LogP contribution in [0.3, 0.4) is 0 Å². The van der Waals surface area contributed by atoms with Gasteiger partial charge in [-0.05, 0) is 61.7 Å². The molecule has 7 heteroatoms. The average molecular weight is 375 g/mol. The van der Waals surface area contributed by atoms with Crippen LogP contribution in [0.5, 0.6) is 0 Å². The Hall–Kier alpha value is -1.54. The highest BCUT2D eigenvalue weighted by Gasteiger charge is 2.40. The van der Waals surface area contributed by atoms with E-state index >= 15 is 0 Å². The van der Waals surface area contributed by atoms with Gasteiger partial charge in [0, 0.05) is 9.75 Å². The number of nitrogens with two attached hydrogens (primary N) is 1. The number of ether oxygens (including phenoxy) is 1. The van der Waals surface area contributed by atoms with E-state index in [0.29, 0.717) is 10.6 Å². The lowest BCUT2D eigenvalue weighted by Gasteiger charge is -2.40. The first-order chi connectivity index (χ1) is 12.1. The molecular weight excluding hydrogens is 357 g/mol. The summed E-state index contributed by atoms with van der Waals surface area (Å²) in [6, 6.07) is 5.80. The van der Waals surface area contributed by atoms with Gasteiger partial charge in [-0.3, -0.25) is 0 Å². The van der Waals surface area contributed by atoms with Gasteiger partial charge in [0.05, 0.1) is 11.3 Å². The Morgan fingerprint density at radius 2 is 2.04 bits per heavy atom. The second kappa shape index (κ2) is 5.74. The number of hydrogen-bond donors (Lipinski definition) is 2. The van der Waals surface area contributed by atoms with E-state index in [1.54, 1.807) is 17.4 Å². The van der Waals surface area contributed by atoms with E-state index in [-0.39, 0.29) is 11.4 Å². The summed E-state index contributed by atoms with van der Waals surface area (Å²) in [5, 5.41) is 3.81. The van der Waals surface area contributed by atoms with Gasteiger partial charge in [-0.25, -0.2) is 9.37 Å². The number of rotatable bonds is 1. The molecule has 0 bridgehead atoms. The van der Waals surface area contributed by atoms with Crippen LogP contribution < -0.4 is 11.1 Å². The molecule has 1 aromatic carbocycles. The van der Waals surface area contributed by atoms with Gasteiger partial charge in [0.2, 0.25) is 0 Å². The van der Waals surface area contributed by atoms with Gasteiger partial charge < -0.3 is 15.8 Å². The van der Waals surface area contributed by atoms with E-state index in [1.807, 2.05) is 6.07 Å². The molecule has 0 aliphatic carbocycles. The first-order valence-corrected chi connectivity index (χ1v) is 10.1. The van der Waals surface area contributed by atoms with Crippen LogP contribution in [0.1, 0.15) is 23.3 Å². The fraction of sp³-hybridized carbons (Fsp3) is 0.389. The van der Waals surface area contributed by atoms with Crippen LogP contribution in [-0.4, -0.2) is 24.7 Å². The van der Waals surface area contributed by atoms with E-state index in [0.717, 1.165) is 54.1 Å². The molecule has 0 unspecified atom stereocenters. The number of thiazole rings is 1. The Labute approximate surface area is 152 Å². The molecule has 2 aliphatic heterocycles. The molecule has 3 aromatic rings. The lowest BCUT2D eigenvalue weighted by molar-refractivity contribution is -0.0771. The number of nitrogens with zero attached hydrogens (tertiary/aromatic N) is 1. The zero-order chi connectivity index (χ0) is 17.0. The summed E-state index contributed by atoms with van der Waals surface area (Å²) in [5.41, 5.74) is 8.21. The second-order valence-corrected chi connectivity index (χ2v) is 8.78. The van der Waals surface area contributed by atoms with Crippen molar-refractivity contribution in [3.8, 4) is 10.4 Å². The first-order valence-electron chi connectivity index (χ1n) is 8.48. The van der Waals surface area contributed by atoms with E-state index in [4.69, 9.17) is 10.5 Å². The third-order valence-corrected chi connectivity index (χ3v) is 7.38. The van der Waals surface area contributed by atoms with Gasteiger partial charge in [0.1, 0.15) is 11.1 Å². The minimum Gasteiger partial charge on any atom is -0.375 e. The number of nitrogens with one attached hydrogen (secondary N) is 1. The summed E-state index contributed by atoms with van der Waals surface area (Å²) in [6.45, 7) is 2.72. The molecule has 0 radical (unpaired) electrons. The molecule has 3 N–H and O–H groups in total. The molecule has 5 rings (SSSR count). The van der Waals surface area contributed by atoms with Crippen molar-refractivity contribution in [2.24, 2.45) is 0 Å². The van der Waals surface area contributed by atoms with Crippen LogP contribution in [0.2, 0.25) is 0 Å². The number of aromatic nitrogens is 1. The largest absolute Gasteiger partial charge is 0.375 e. The summed E-state index contributed by atoms with van der Waals surface area (Å²) in [7, 11) is 0. The van der Waals surface area contributed by atoms with Crippen molar-refractivity contribution in [3.05, 3.63) is 34.5 Å². The molecule has 0 saturated carbocycles. The molecule has 0 amide bonds. The fourth-order valence-corrected chi connectivity index (χ4v) is 6.10. The van der Waals surface area contributed by atoms with Crippen molar-refractivity contribution in [1.82, 2.24) is 10.3 Å². The number of hydrogen-bond acceptors (Lipinski definition) is 6. The number of nitrogen functional groups attached to an aromatic ring is 1. The maximum absolute atomic E-state index is 14.4. The normalized spacial score (nSPS) is 19.4. The van der Waals surface area contributed by atoms with Gasteiger partial charge in [-0.15, -0.1) is 11.3 Å². The molecule has 4 nitrogen and oxygen atoms in total. The van der Waals surface area contributed by atoms with E-state index in [1.165, 1.54) is 21.8 Å². The van der Waals surface area contributed by atoms with Crippen LogP contribution in [-0.2, 0) is 16.8 Å². The summed E-state index contributed by atoms with van der Waals surface area (Å²) < 4.78 is 21.5. The molecular formula is C18H18FN3OS2. The third kappa shape index (κ3) is 2.49. The quantitative estimate of drug-likeness (QED) is 0.677. The van der Waals surface area contributed by atoms with Crippen LogP contribution in [0.15, 0.2) is 18.2 Å². The number of benzene rings is 1. The van der Waals surface area contributed by atoms with Gasteiger partial charge in [0.15, 0.2) is 10.9 Å². The van der Waals surface area contributed by atoms with Gasteiger partial charge in [-0.1, -0.05) is 11.3 Å². The van der Waals surface area contributed by atoms with Crippen LogP contribution >= 0.6 is 22.7 Å². The lowest BCUT2D eigenvalue weighted by atomic mass is 9.86. The zero-order valence-corrected chi connectivity index (χ0v) is 15.2. The Morgan fingerprint density at radius 3 is 2.88 bits per heavy atom. The van der Waals surface area contributed by atoms with Crippen molar-refractivity contribution in [2.45, 2.75) is 24.9 Å². The van der Waals surface area contributed by atoms with Gasteiger partial charge in [0.25, 0.3) is 0 Å². The molecule has 2 aliphatic rings. The van der Waals surface area contributed by atoms with Crippen molar-refractivity contribution in [3.63, 3.8) is 0 Å². The molecule has 25 heavy (non-hydrogen) atoms. The Bertz CT molecular complexity index is 959. The average Bonchev–Trinajstić information content (AvgIpc) is 3.20. The number of halogens is 1. The van der Waals surface area contributed by atoms with Crippen molar-refractivity contribution < 1.29 is 9.13 Å². The Morgan fingerprint density at radius 1 is 1.20 bits per heavy atom. The first kappa shape index (κ1) is 15.7. The predicted molar refractivity (Wildman–Crippen MR) is 101 cm³/mol.